The van der Waals surface area contributed by atoms with Gasteiger partial charge in [0.15, 0.2) is 0 Å². The first-order valence-electron chi connectivity index (χ1n) is 10.6. The van der Waals surface area contributed by atoms with E-state index >= 15 is 0 Å². The minimum Gasteiger partial charge on any atom is -0.493 e. The number of hydrogen-bond donors (Lipinski definition) is 1. The van der Waals surface area contributed by atoms with Crippen molar-refractivity contribution >= 4 is 11.0 Å². The predicted octanol–water partition coefficient (Wildman–Crippen LogP) is 5.02. The van der Waals surface area contributed by atoms with Gasteiger partial charge in [-0.05, 0) is 67.1 Å². The lowest BCUT2D eigenvalue weighted by molar-refractivity contribution is -0.152. The second-order valence-electron chi connectivity index (χ2n) is 9.68. The smallest absolute Gasteiger partial charge is 0.336 e. The molecule has 1 heterocycles. The number of rotatable bonds is 3. The van der Waals surface area contributed by atoms with E-state index < -0.39 is 0 Å². The predicted molar refractivity (Wildman–Crippen MR) is 110 cm³/mol. The van der Waals surface area contributed by atoms with Crippen LogP contribution < -0.4 is 10.4 Å². The molecule has 0 bridgehead atoms. The summed E-state index contributed by atoms with van der Waals surface area (Å²) >= 11 is 0. The highest BCUT2D eigenvalue weighted by Crippen LogP contribution is 2.61. The summed E-state index contributed by atoms with van der Waals surface area (Å²) in [5, 5.41) is 11.4. The molecule has 0 radical (unpaired) electrons. The van der Waals surface area contributed by atoms with Crippen molar-refractivity contribution in [1.29, 1.82) is 0 Å². The van der Waals surface area contributed by atoms with Crippen molar-refractivity contribution in [3.63, 3.8) is 0 Å². The number of aliphatic hydroxyl groups is 1. The van der Waals surface area contributed by atoms with Crippen LogP contribution in [0.25, 0.3) is 11.0 Å². The zero-order valence-corrected chi connectivity index (χ0v) is 17.4. The van der Waals surface area contributed by atoms with Gasteiger partial charge >= 0.3 is 5.63 Å². The maximum Gasteiger partial charge on any atom is 0.336 e. The number of benzene rings is 1. The third-order valence-electron chi connectivity index (χ3n) is 8.35. The second kappa shape index (κ2) is 6.91. The summed E-state index contributed by atoms with van der Waals surface area (Å²) in [6.45, 7) is 9.95. The SMILES string of the molecule is C[C@@H]1CC[C@@]2(C)[C@@H](CC[C@@H](O)[C@@H]2C)[C@@]1(C)COc1ccc2ccc(=O)oc2c1. The van der Waals surface area contributed by atoms with Crippen molar-refractivity contribution in [2.75, 3.05) is 6.61 Å². The van der Waals surface area contributed by atoms with Gasteiger partial charge in [-0.3, -0.25) is 0 Å². The lowest BCUT2D eigenvalue weighted by Crippen LogP contribution is -2.57. The Morgan fingerprint density at radius 1 is 1.14 bits per heavy atom. The van der Waals surface area contributed by atoms with Crippen LogP contribution in [0.4, 0.5) is 0 Å². The first-order chi connectivity index (χ1) is 13.2. The molecule has 2 aliphatic rings. The van der Waals surface area contributed by atoms with Crippen molar-refractivity contribution in [2.45, 2.75) is 59.5 Å². The fraction of sp³-hybridized carbons (Fsp3) is 0.625. The quantitative estimate of drug-likeness (QED) is 0.755. The highest BCUT2D eigenvalue weighted by atomic mass is 16.5. The van der Waals surface area contributed by atoms with Gasteiger partial charge in [-0.15, -0.1) is 0 Å². The highest BCUT2D eigenvalue weighted by molar-refractivity contribution is 5.77. The molecular weight excluding hydrogens is 352 g/mol. The van der Waals surface area contributed by atoms with E-state index in [9.17, 15) is 9.90 Å². The van der Waals surface area contributed by atoms with Gasteiger partial charge in [0.25, 0.3) is 0 Å². The van der Waals surface area contributed by atoms with Crippen molar-refractivity contribution in [3.8, 4) is 5.75 Å². The Bertz CT molecular complexity index is 918. The molecule has 2 aromatic rings. The van der Waals surface area contributed by atoms with Gasteiger partial charge in [0.05, 0.1) is 12.7 Å². The van der Waals surface area contributed by atoms with E-state index in [0.29, 0.717) is 29.9 Å². The van der Waals surface area contributed by atoms with Crippen LogP contribution in [0.2, 0.25) is 0 Å². The van der Waals surface area contributed by atoms with Crippen LogP contribution in [0.3, 0.4) is 0 Å². The average Bonchev–Trinajstić information content (AvgIpc) is 2.67. The second-order valence-corrected chi connectivity index (χ2v) is 9.68. The summed E-state index contributed by atoms with van der Waals surface area (Å²) in [6.07, 6.45) is 4.08. The normalized spacial score (nSPS) is 38.2. The largest absolute Gasteiger partial charge is 0.493 e. The Morgan fingerprint density at radius 2 is 1.89 bits per heavy atom. The summed E-state index contributed by atoms with van der Waals surface area (Å²) in [4.78, 5) is 11.5. The Hall–Kier alpha value is -1.81. The van der Waals surface area contributed by atoms with Crippen LogP contribution in [0, 0.1) is 28.6 Å². The third-order valence-corrected chi connectivity index (χ3v) is 8.35. The monoisotopic (exact) mass is 384 g/mol. The standard InChI is InChI=1S/C24H32O4/c1-15-11-12-23(3)16(2)19(25)8-9-21(23)24(15,4)14-27-18-7-5-17-6-10-22(26)28-20(17)13-18/h5-7,10,13,15-16,19,21,25H,8-9,11-12,14H2,1-4H3/t15-,16+,19-,21-,23-,24+/m1/s1. The number of ether oxygens (including phenoxy) is 1. The first kappa shape index (κ1) is 19.5. The molecule has 0 amide bonds. The van der Waals surface area contributed by atoms with Gasteiger partial charge in [-0.1, -0.05) is 27.7 Å². The van der Waals surface area contributed by atoms with Gasteiger partial charge < -0.3 is 14.3 Å². The molecule has 1 N–H and O–H groups in total. The van der Waals surface area contributed by atoms with Gasteiger partial charge in [-0.25, -0.2) is 4.79 Å². The van der Waals surface area contributed by atoms with E-state index in [1.807, 2.05) is 18.2 Å². The van der Waals surface area contributed by atoms with Crippen LogP contribution in [0.1, 0.15) is 53.4 Å². The fourth-order valence-corrected chi connectivity index (χ4v) is 5.97. The van der Waals surface area contributed by atoms with E-state index in [1.54, 1.807) is 6.07 Å². The molecule has 0 spiro atoms. The maximum atomic E-state index is 11.5. The maximum absolute atomic E-state index is 11.5. The minimum atomic E-state index is -0.344. The van der Waals surface area contributed by atoms with Gasteiger partial charge in [-0.2, -0.15) is 0 Å². The molecule has 4 rings (SSSR count). The molecule has 2 fully saturated rings. The van der Waals surface area contributed by atoms with Crippen LogP contribution >= 0.6 is 0 Å². The molecule has 2 aliphatic carbocycles. The summed E-state index contributed by atoms with van der Waals surface area (Å²) < 4.78 is 11.6. The van der Waals surface area contributed by atoms with Gasteiger partial charge in [0.2, 0.25) is 0 Å². The molecule has 1 aromatic heterocycles. The van der Waals surface area contributed by atoms with Crippen molar-refractivity contribution in [3.05, 3.63) is 40.8 Å². The molecule has 152 valence electrons. The Morgan fingerprint density at radius 3 is 2.68 bits per heavy atom. The molecule has 0 aliphatic heterocycles. The molecule has 2 saturated carbocycles. The first-order valence-corrected chi connectivity index (χ1v) is 10.6. The van der Waals surface area contributed by atoms with Crippen molar-refractivity contribution in [1.82, 2.24) is 0 Å². The Labute approximate surface area is 166 Å². The van der Waals surface area contributed by atoms with Crippen LogP contribution in [0.5, 0.6) is 5.75 Å². The minimum absolute atomic E-state index is 0.0495. The molecule has 4 nitrogen and oxygen atoms in total. The lowest BCUT2D eigenvalue weighted by atomic mass is 9.45. The number of hydrogen-bond acceptors (Lipinski definition) is 4. The van der Waals surface area contributed by atoms with Crippen LogP contribution in [0.15, 0.2) is 39.5 Å². The van der Waals surface area contributed by atoms with E-state index in [-0.39, 0.29) is 22.6 Å². The summed E-state index contributed by atoms with van der Waals surface area (Å²) in [6, 6.07) is 8.91. The van der Waals surface area contributed by atoms with Gasteiger partial charge in [0.1, 0.15) is 11.3 Å². The molecule has 1 aromatic carbocycles. The molecular formula is C24H32O4. The molecule has 0 saturated heterocycles. The third kappa shape index (κ3) is 3.06. The van der Waals surface area contributed by atoms with Gasteiger partial charge in [0, 0.05) is 22.9 Å². The summed E-state index contributed by atoms with van der Waals surface area (Å²) in [5.41, 5.74) is 0.418. The molecule has 0 unspecified atom stereocenters. The summed E-state index contributed by atoms with van der Waals surface area (Å²) in [5.74, 6) is 2.14. The average molecular weight is 385 g/mol. The van der Waals surface area contributed by atoms with Crippen LogP contribution in [-0.4, -0.2) is 17.8 Å². The highest BCUT2D eigenvalue weighted by Gasteiger charge is 2.57. The zero-order valence-electron chi connectivity index (χ0n) is 17.4. The fourth-order valence-electron chi connectivity index (χ4n) is 5.97. The Kier molecular flexibility index (Phi) is 4.81. The van der Waals surface area contributed by atoms with E-state index in [4.69, 9.17) is 9.15 Å². The zero-order chi connectivity index (χ0) is 20.1. The lowest BCUT2D eigenvalue weighted by Gasteiger charge is -2.60. The van der Waals surface area contributed by atoms with E-state index in [0.717, 1.165) is 30.4 Å². The number of fused-ring (bicyclic) bond motifs is 2. The van der Waals surface area contributed by atoms with Crippen molar-refractivity contribution < 1.29 is 14.3 Å². The topological polar surface area (TPSA) is 59.7 Å². The molecule has 6 atom stereocenters. The number of aliphatic hydroxyl groups excluding tert-OH is 1. The summed E-state index contributed by atoms with van der Waals surface area (Å²) in [7, 11) is 0. The van der Waals surface area contributed by atoms with Crippen molar-refractivity contribution in [2.24, 2.45) is 28.6 Å². The Balaban J connectivity index is 1.59. The van der Waals surface area contributed by atoms with Crippen LogP contribution in [-0.2, 0) is 0 Å². The molecule has 28 heavy (non-hydrogen) atoms. The van der Waals surface area contributed by atoms with E-state index in [1.165, 1.54) is 12.5 Å². The molecule has 4 heteroatoms. The van der Waals surface area contributed by atoms with E-state index in [2.05, 4.69) is 27.7 Å².